The van der Waals surface area contributed by atoms with Crippen molar-refractivity contribution in [3.8, 4) is 0 Å². The molecule has 0 bridgehead atoms. The topological polar surface area (TPSA) is 81.5 Å². The molecule has 1 rings (SSSR count). The number of carbonyl (C=O) groups is 1. The maximum Gasteiger partial charge on any atom is 0.308 e. The molecule has 0 spiro atoms. The van der Waals surface area contributed by atoms with E-state index in [2.05, 4.69) is 5.32 Å². The first-order chi connectivity index (χ1) is 9.97. The van der Waals surface area contributed by atoms with Gasteiger partial charge in [-0.2, -0.15) is 4.39 Å². The molecule has 0 aliphatic heterocycles. The van der Waals surface area contributed by atoms with Crippen molar-refractivity contribution in [2.24, 2.45) is 0 Å². The molecule has 116 valence electrons. The van der Waals surface area contributed by atoms with Gasteiger partial charge in [0.25, 0.3) is 5.91 Å². The fourth-order valence-corrected chi connectivity index (χ4v) is 1.59. The highest BCUT2D eigenvalue weighted by Gasteiger charge is 2.23. The number of halogens is 2. The number of nitrogens with one attached hydrogen (secondary N) is 1. The number of nitrogens with zero attached hydrogens (tertiary/aromatic N) is 1. The van der Waals surface area contributed by atoms with Crippen LogP contribution in [0, 0.1) is 21.7 Å². The van der Waals surface area contributed by atoms with Gasteiger partial charge >= 0.3 is 5.69 Å². The maximum absolute atomic E-state index is 13.7. The molecule has 0 heterocycles. The lowest BCUT2D eigenvalue weighted by molar-refractivity contribution is -0.387. The minimum absolute atomic E-state index is 0.201. The molecule has 0 radical (unpaired) electrons. The standard InChI is InChI=1S/C13H16F2N2O4/c1-2-5-21-6-3-4-16-13(18)10-7-9(14)8-11(12(10)15)17(19)20/h7-8H,2-6H2,1H3,(H,16,18). The van der Waals surface area contributed by atoms with E-state index in [1.807, 2.05) is 6.92 Å². The van der Waals surface area contributed by atoms with Crippen LogP contribution >= 0.6 is 0 Å². The van der Waals surface area contributed by atoms with Crippen LogP contribution in [0.25, 0.3) is 0 Å². The van der Waals surface area contributed by atoms with Gasteiger partial charge in [-0.15, -0.1) is 0 Å². The van der Waals surface area contributed by atoms with Crippen molar-refractivity contribution >= 4 is 11.6 Å². The van der Waals surface area contributed by atoms with E-state index in [4.69, 9.17) is 4.74 Å². The lowest BCUT2D eigenvalue weighted by atomic mass is 10.1. The van der Waals surface area contributed by atoms with E-state index in [9.17, 15) is 23.7 Å². The van der Waals surface area contributed by atoms with Crippen LogP contribution in [-0.4, -0.2) is 30.6 Å². The van der Waals surface area contributed by atoms with E-state index in [0.717, 1.165) is 6.42 Å². The summed E-state index contributed by atoms with van der Waals surface area (Å²) >= 11 is 0. The van der Waals surface area contributed by atoms with E-state index in [0.29, 0.717) is 31.8 Å². The molecular formula is C13H16F2N2O4. The number of carbonyl (C=O) groups excluding carboxylic acids is 1. The predicted octanol–water partition coefficient (Wildman–Crippen LogP) is 2.42. The highest BCUT2D eigenvalue weighted by atomic mass is 19.1. The van der Waals surface area contributed by atoms with Crippen molar-refractivity contribution in [2.75, 3.05) is 19.8 Å². The number of hydrogen-bond donors (Lipinski definition) is 1. The predicted molar refractivity (Wildman–Crippen MR) is 71.1 cm³/mol. The Hall–Kier alpha value is -2.09. The van der Waals surface area contributed by atoms with Crippen molar-refractivity contribution < 1.29 is 23.2 Å². The Labute approximate surface area is 120 Å². The summed E-state index contributed by atoms with van der Waals surface area (Å²) in [7, 11) is 0. The molecule has 0 saturated heterocycles. The van der Waals surface area contributed by atoms with Crippen molar-refractivity contribution in [2.45, 2.75) is 19.8 Å². The van der Waals surface area contributed by atoms with Crippen LogP contribution < -0.4 is 5.32 Å². The van der Waals surface area contributed by atoms with Crippen LogP contribution in [-0.2, 0) is 4.74 Å². The minimum Gasteiger partial charge on any atom is -0.381 e. The third-order valence-corrected chi connectivity index (χ3v) is 2.56. The summed E-state index contributed by atoms with van der Waals surface area (Å²) in [5.74, 6) is -3.29. The Balaban J connectivity index is 2.64. The molecule has 0 aromatic heterocycles. The molecule has 1 aromatic rings. The number of nitro groups is 1. The molecule has 0 saturated carbocycles. The molecule has 8 heteroatoms. The molecule has 6 nitrogen and oxygen atoms in total. The van der Waals surface area contributed by atoms with Gasteiger partial charge in [-0.1, -0.05) is 6.92 Å². The van der Waals surface area contributed by atoms with Crippen LogP contribution in [0.15, 0.2) is 12.1 Å². The molecule has 0 aliphatic rings. The lowest BCUT2D eigenvalue weighted by Gasteiger charge is -2.07. The maximum atomic E-state index is 13.7. The van der Waals surface area contributed by atoms with Crippen molar-refractivity contribution in [3.05, 3.63) is 39.4 Å². The van der Waals surface area contributed by atoms with Crippen molar-refractivity contribution in [1.29, 1.82) is 0 Å². The molecular weight excluding hydrogens is 286 g/mol. The van der Waals surface area contributed by atoms with Crippen molar-refractivity contribution in [3.63, 3.8) is 0 Å². The average molecular weight is 302 g/mol. The van der Waals surface area contributed by atoms with Gasteiger partial charge < -0.3 is 10.1 Å². The van der Waals surface area contributed by atoms with Gasteiger partial charge in [0.15, 0.2) is 0 Å². The van der Waals surface area contributed by atoms with Gasteiger partial charge in [-0.05, 0) is 18.9 Å². The van der Waals surface area contributed by atoms with Gasteiger partial charge in [-0.25, -0.2) is 4.39 Å². The number of rotatable bonds is 8. The van der Waals surface area contributed by atoms with Gasteiger partial charge in [0.2, 0.25) is 5.82 Å². The molecule has 1 amide bonds. The second kappa shape index (κ2) is 8.25. The van der Waals surface area contributed by atoms with Crippen LogP contribution in [0.5, 0.6) is 0 Å². The fourth-order valence-electron chi connectivity index (χ4n) is 1.59. The average Bonchev–Trinajstić information content (AvgIpc) is 2.44. The summed E-state index contributed by atoms with van der Waals surface area (Å²) in [6.07, 6.45) is 1.38. The number of hydrogen-bond acceptors (Lipinski definition) is 4. The number of benzene rings is 1. The first-order valence-corrected chi connectivity index (χ1v) is 6.46. The van der Waals surface area contributed by atoms with Gasteiger partial charge in [0, 0.05) is 19.8 Å². The minimum atomic E-state index is -1.35. The van der Waals surface area contributed by atoms with Crippen LogP contribution in [0.3, 0.4) is 0 Å². The number of nitro benzene ring substituents is 1. The zero-order valence-corrected chi connectivity index (χ0v) is 11.5. The Morgan fingerprint density at radius 3 is 2.71 bits per heavy atom. The summed E-state index contributed by atoms with van der Waals surface area (Å²) in [5.41, 5.74) is -1.75. The highest BCUT2D eigenvalue weighted by molar-refractivity contribution is 5.95. The molecule has 1 N–H and O–H groups in total. The van der Waals surface area contributed by atoms with Gasteiger partial charge in [-0.3, -0.25) is 14.9 Å². The summed E-state index contributed by atoms with van der Waals surface area (Å²) in [4.78, 5) is 21.2. The number of amides is 1. The van der Waals surface area contributed by atoms with E-state index >= 15 is 0 Å². The molecule has 0 aliphatic carbocycles. The largest absolute Gasteiger partial charge is 0.381 e. The fraction of sp³-hybridized carbons (Fsp3) is 0.462. The van der Waals surface area contributed by atoms with E-state index in [1.165, 1.54) is 0 Å². The zero-order valence-electron chi connectivity index (χ0n) is 11.5. The molecule has 0 atom stereocenters. The normalized spacial score (nSPS) is 10.4. The third-order valence-electron chi connectivity index (χ3n) is 2.56. The van der Waals surface area contributed by atoms with E-state index < -0.39 is 33.7 Å². The molecule has 0 unspecified atom stereocenters. The summed E-state index contributed by atoms with van der Waals surface area (Å²) < 4.78 is 32.1. The van der Waals surface area contributed by atoms with Gasteiger partial charge in [0.05, 0.1) is 16.6 Å². The summed E-state index contributed by atoms with van der Waals surface area (Å²) in [5, 5.41) is 12.9. The monoisotopic (exact) mass is 302 g/mol. The van der Waals surface area contributed by atoms with E-state index in [1.54, 1.807) is 0 Å². The van der Waals surface area contributed by atoms with Crippen molar-refractivity contribution in [1.82, 2.24) is 5.32 Å². The van der Waals surface area contributed by atoms with E-state index in [-0.39, 0.29) is 6.54 Å². The Kier molecular flexibility index (Phi) is 6.67. The molecule has 21 heavy (non-hydrogen) atoms. The third kappa shape index (κ3) is 5.07. The highest BCUT2D eigenvalue weighted by Crippen LogP contribution is 2.22. The lowest BCUT2D eigenvalue weighted by Crippen LogP contribution is -2.26. The Bertz CT molecular complexity index is 523. The first-order valence-electron chi connectivity index (χ1n) is 6.46. The first kappa shape index (κ1) is 17.0. The SMILES string of the molecule is CCCOCCCNC(=O)c1cc(F)cc([N+](=O)[O-])c1F. The number of ether oxygens (including phenoxy) is 1. The molecule has 1 aromatic carbocycles. The second-order valence-electron chi connectivity index (χ2n) is 4.27. The second-order valence-corrected chi connectivity index (χ2v) is 4.27. The smallest absolute Gasteiger partial charge is 0.308 e. The van der Waals surface area contributed by atoms with Crippen LogP contribution in [0.2, 0.25) is 0 Å². The van der Waals surface area contributed by atoms with Crippen LogP contribution in [0.1, 0.15) is 30.1 Å². The Morgan fingerprint density at radius 2 is 2.10 bits per heavy atom. The van der Waals surface area contributed by atoms with Crippen LogP contribution in [0.4, 0.5) is 14.5 Å². The Morgan fingerprint density at radius 1 is 1.38 bits per heavy atom. The zero-order chi connectivity index (χ0) is 15.8. The van der Waals surface area contributed by atoms with Gasteiger partial charge in [0.1, 0.15) is 5.82 Å². The summed E-state index contributed by atoms with van der Waals surface area (Å²) in [6, 6.07) is 1.07. The quantitative estimate of drug-likeness (QED) is 0.454. The summed E-state index contributed by atoms with van der Waals surface area (Å²) in [6.45, 7) is 3.20. The molecule has 0 fully saturated rings.